The van der Waals surface area contributed by atoms with Crippen molar-refractivity contribution in [2.45, 2.75) is 146 Å². The molecule has 4 aromatic rings. The Balaban J connectivity index is 1.22. The average molecular weight is 1220 g/mol. The number of phenols is 1. The van der Waals surface area contributed by atoms with Crippen molar-refractivity contribution in [3.63, 3.8) is 0 Å². The molecule has 0 aromatic heterocycles. The van der Waals surface area contributed by atoms with Gasteiger partial charge in [0.1, 0.15) is 53.7 Å². The van der Waals surface area contributed by atoms with Crippen molar-refractivity contribution in [2.75, 3.05) is 39.5 Å². The van der Waals surface area contributed by atoms with Crippen LogP contribution in [0.15, 0.2) is 97.1 Å². The Bertz CT molecular complexity index is 2990. The molecule has 24 heteroatoms. The Hall–Kier alpha value is -7.23. The molecule has 7 unspecified atom stereocenters. The minimum atomic E-state index is -2.16. The number of ketones is 2. The third-order valence-corrected chi connectivity index (χ3v) is 16.7. The number of fused-ring (bicyclic) bond motifs is 2. The molecule has 2 aliphatic heterocycles. The monoisotopic (exact) mass is 1220 g/mol. The summed E-state index contributed by atoms with van der Waals surface area (Å²) in [6.45, 7) is 6.50. The van der Waals surface area contributed by atoms with E-state index in [9.17, 15) is 74.4 Å². The zero-order chi connectivity index (χ0) is 63.9. The van der Waals surface area contributed by atoms with Crippen LogP contribution < -0.4 is 37.1 Å². The van der Waals surface area contributed by atoms with Crippen LogP contribution >= 0.6 is 0 Å². The summed E-state index contributed by atoms with van der Waals surface area (Å²) in [7, 11) is 0. The maximum atomic E-state index is 14.8. The van der Waals surface area contributed by atoms with Gasteiger partial charge in [0, 0.05) is 55.8 Å². The quantitative estimate of drug-likeness (QED) is 0.0542. The fraction of sp³-hybridized carbons (Fsp3) is 0.516. The first kappa shape index (κ1) is 68.3. The van der Waals surface area contributed by atoms with E-state index < -0.39 is 151 Å². The van der Waals surface area contributed by atoms with Crippen LogP contribution in [-0.4, -0.2) is 193 Å². The lowest BCUT2D eigenvalue weighted by molar-refractivity contribution is -0.148. The van der Waals surface area contributed by atoms with Crippen LogP contribution in [0.5, 0.6) is 11.5 Å². The number of amides is 5. The predicted octanol–water partition coefficient (Wildman–Crippen LogP) is 0.731. The molecule has 24 nitrogen and oxygen atoms in total. The largest absolute Gasteiger partial charge is 0.508 e. The van der Waals surface area contributed by atoms with Gasteiger partial charge < -0.3 is 82.2 Å². The van der Waals surface area contributed by atoms with E-state index in [0.29, 0.717) is 6.61 Å². The summed E-state index contributed by atoms with van der Waals surface area (Å²) in [4.78, 5) is 103. The molecule has 15 N–H and O–H groups in total. The summed E-state index contributed by atoms with van der Waals surface area (Å²) in [5, 5.41) is 104. The minimum Gasteiger partial charge on any atom is -0.508 e. The smallest absolute Gasteiger partial charge is 0.251 e. The molecule has 0 spiro atoms. The number of nitrogens with one attached hydrogen (secondary N) is 5. The number of hydrogen-bond acceptors (Lipinski definition) is 19. The lowest BCUT2D eigenvalue weighted by Crippen LogP contribution is -2.63. The van der Waals surface area contributed by atoms with Gasteiger partial charge in [-0.1, -0.05) is 87.4 Å². The molecule has 478 valence electrons. The number of nitrogens with two attached hydrogens (primary N) is 1. The van der Waals surface area contributed by atoms with Crippen LogP contribution in [0.2, 0.25) is 0 Å². The topological polar surface area (TPSA) is 389 Å². The van der Waals surface area contributed by atoms with Crippen LogP contribution in [0.1, 0.15) is 94.7 Å². The Kier molecular flexibility index (Phi) is 24.7. The lowest BCUT2D eigenvalue weighted by atomic mass is 9.80. The number of Topliss-reactive ketones (excluding diaryl/α,β-unsaturated/α-hetero) is 2. The number of aliphatic hydroxyl groups is 7. The van der Waals surface area contributed by atoms with Gasteiger partial charge in [-0.05, 0) is 97.3 Å². The predicted molar refractivity (Wildman–Crippen MR) is 321 cm³/mol. The molecule has 5 amide bonds. The van der Waals surface area contributed by atoms with E-state index in [1.165, 1.54) is 50.2 Å². The zero-order valence-corrected chi connectivity index (χ0v) is 49.9. The number of ether oxygens (including phenoxy) is 2. The molecule has 2 heterocycles. The molecule has 1 saturated carbocycles. The van der Waals surface area contributed by atoms with E-state index >= 15 is 0 Å². The van der Waals surface area contributed by atoms with Crippen LogP contribution in [-0.2, 0) is 33.5 Å². The highest BCUT2D eigenvalue weighted by Crippen LogP contribution is 2.38. The highest BCUT2D eigenvalue weighted by Gasteiger charge is 2.51. The van der Waals surface area contributed by atoms with Gasteiger partial charge in [-0.2, -0.15) is 0 Å². The first-order chi connectivity index (χ1) is 42.0. The van der Waals surface area contributed by atoms with Crippen molar-refractivity contribution >= 4 is 41.1 Å². The number of phenolic OH excluding ortho intramolecular Hbond substituents is 1. The van der Waals surface area contributed by atoms with Crippen molar-refractivity contribution in [1.29, 1.82) is 0 Å². The molecule has 0 radical (unpaired) electrons. The first-order valence-electron chi connectivity index (χ1n) is 30.1. The van der Waals surface area contributed by atoms with Gasteiger partial charge in [0.15, 0.2) is 5.78 Å². The summed E-state index contributed by atoms with van der Waals surface area (Å²) in [6, 6.07) is 19.6. The number of aliphatic hydroxyl groups excluding tert-OH is 7. The first-order valence-corrected chi connectivity index (χ1v) is 30.1. The molecular formula is C64H85N7O17. The molecular weight excluding hydrogens is 1140 g/mol. The highest BCUT2D eigenvalue weighted by molar-refractivity contribution is 6.01. The average Bonchev–Trinajstić information content (AvgIpc) is 2.10. The standard InChI is InChI=1S/C64H85N7O17/c1-5-6-7-26-88-45-22-18-40(19-23-45)38-10-8-37(9-11-38)39-12-14-42(15-13-39)60(82)67-49-32-51(77)59(66-25-28-87-27-24-65)70-63(85)54-55(78)34(2)33-71(54)64(86)53(36(4)73)69-61(83)48(58(81)56(79)41-16-20-43(74)21-17-41)31-50(76)46-29-44(75)30-47(46)57(80)52(35(3)72)68-62(49)84/h8-23,34-36,44,46-49,51-56,58-59,66,72-75,77-79,81H,5-7,24-33,65H2,1-4H3,(H,67,82)(H,68,84)(H,69,83)(H,70,85)/t34-,35+,36+,44+,46?,47?,48?,49-,51+,52?,53?,54?,55-,56-,58-,59?/m0/s1. The highest BCUT2D eigenvalue weighted by atomic mass is 16.5. The molecule has 2 saturated heterocycles. The minimum absolute atomic E-state index is 0.0161. The van der Waals surface area contributed by atoms with Crippen molar-refractivity contribution in [1.82, 2.24) is 31.5 Å². The number of rotatable bonds is 20. The molecule has 88 heavy (non-hydrogen) atoms. The van der Waals surface area contributed by atoms with Crippen molar-refractivity contribution in [3.8, 4) is 33.8 Å². The summed E-state index contributed by atoms with van der Waals surface area (Å²) >= 11 is 0. The van der Waals surface area contributed by atoms with Crippen LogP contribution in [0.4, 0.5) is 0 Å². The number of nitrogens with zero attached hydrogens (tertiary/aromatic N) is 1. The Morgan fingerprint density at radius 2 is 1.28 bits per heavy atom. The Morgan fingerprint density at radius 1 is 0.705 bits per heavy atom. The molecule has 1 aliphatic carbocycles. The molecule has 16 atom stereocenters. The van der Waals surface area contributed by atoms with E-state index in [1.807, 2.05) is 48.5 Å². The van der Waals surface area contributed by atoms with Gasteiger partial charge in [-0.15, -0.1) is 0 Å². The Morgan fingerprint density at radius 3 is 1.88 bits per heavy atom. The third kappa shape index (κ3) is 17.3. The van der Waals surface area contributed by atoms with Gasteiger partial charge in [0.25, 0.3) is 5.91 Å². The van der Waals surface area contributed by atoms with Gasteiger partial charge in [0.2, 0.25) is 23.6 Å². The SMILES string of the molecule is CCCCCOc1ccc(-c2ccc(-c3ccc(C(=O)N[C@H]4C[C@@H](O)C(NCCOCCN)NC(=O)C5[C@@H](O)[C@@H](C)CN5C(=O)C([C@@H](C)O)NC(=O)C([C@H](O)[C@@H](O)c5ccc(O)cc5)CC(=O)C5C[C@@H](O)CC5C(=O)C([C@@H](C)O)NC4=O)cc3)cc2)cc1. The van der Waals surface area contributed by atoms with Gasteiger partial charge >= 0.3 is 0 Å². The van der Waals surface area contributed by atoms with Crippen molar-refractivity contribution in [2.24, 2.45) is 29.4 Å². The second-order valence-electron chi connectivity index (χ2n) is 23.3. The van der Waals surface area contributed by atoms with E-state index in [4.69, 9.17) is 15.2 Å². The van der Waals surface area contributed by atoms with Crippen molar-refractivity contribution in [3.05, 3.63) is 108 Å². The van der Waals surface area contributed by atoms with Gasteiger partial charge in [0.05, 0.1) is 62.4 Å². The second kappa shape index (κ2) is 31.8. The van der Waals surface area contributed by atoms with Crippen molar-refractivity contribution < 1.29 is 83.9 Å². The van der Waals surface area contributed by atoms with Gasteiger partial charge in [-0.3, -0.25) is 38.9 Å². The zero-order valence-electron chi connectivity index (χ0n) is 49.9. The summed E-state index contributed by atoms with van der Waals surface area (Å²) in [5.41, 5.74) is 9.16. The van der Waals surface area contributed by atoms with Gasteiger partial charge in [-0.25, -0.2) is 0 Å². The number of carbonyl (C=O) groups excluding carboxylic acids is 7. The second-order valence-corrected chi connectivity index (χ2v) is 23.3. The normalized spacial score (nSPS) is 27.4. The summed E-state index contributed by atoms with van der Waals surface area (Å²) in [5.74, 6) is -12.3. The van der Waals surface area contributed by atoms with E-state index in [-0.39, 0.29) is 62.6 Å². The summed E-state index contributed by atoms with van der Waals surface area (Å²) in [6.07, 6.45) is -13.1. The molecule has 3 aliphatic rings. The number of aromatic hydroxyl groups is 1. The lowest BCUT2D eigenvalue weighted by Gasteiger charge is -2.34. The fourth-order valence-electron chi connectivity index (χ4n) is 11.6. The maximum Gasteiger partial charge on any atom is 0.251 e. The molecule has 4 aromatic carbocycles. The fourth-order valence-corrected chi connectivity index (χ4v) is 11.6. The molecule has 0 bridgehead atoms. The van der Waals surface area contributed by atoms with E-state index in [2.05, 4.69) is 33.5 Å². The number of benzene rings is 4. The number of carbonyl (C=O) groups is 7. The Labute approximate surface area is 511 Å². The molecule has 7 rings (SSSR count). The van der Waals surface area contributed by atoms with Crippen LogP contribution in [0.3, 0.4) is 0 Å². The summed E-state index contributed by atoms with van der Waals surface area (Å²) < 4.78 is 11.4. The van der Waals surface area contributed by atoms with E-state index in [1.54, 1.807) is 12.1 Å². The third-order valence-electron chi connectivity index (χ3n) is 16.7. The van der Waals surface area contributed by atoms with E-state index in [0.717, 1.165) is 59.1 Å². The van der Waals surface area contributed by atoms with Crippen LogP contribution in [0.25, 0.3) is 22.3 Å². The number of unbranched alkanes of at least 4 members (excludes halogenated alkanes) is 2. The van der Waals surface area contributed by atoms with Crippen LogP contribution in [0, 0.1) is 23.7 Å². The molecule has 3 fully saturated rings. The number of hydrogen-bond donors (Lipinski definition) is 14. The maximum absolute atomic E-state index is 14.8.